The summed E-state index contributed by atoms with van der Waals surface area (Å²) in [5.41, 5.74) is 5.10. The number of nitrogens with one attached hydrogen (secondary N) is 1. The van der Waals surface area contributed by atoms with Gasteiger partial charge in [-0.1, -0.05) is 35.5 Å². The van der Waals surface area contributed by atoms with E-state index in [2.05, 4.69) is 20.8 Å². The summed E-state index contributed by atoms with van der Waals surface area (Å²) < 4.78 is 1.44. The number of hydrazone groups is 1. The molecule has 6 nitrogen and oxygen atoms in total. The van der Waals surface area contributed by atoms with Gasteiger partial charge in [-0.2, -0.15) is 9.78 Å². The fraction of sp³-hybridized carbons (Fsp3) is 0.0667. The second-order valence-corrected chi connectivity index (χ2v) is 4.46. The Balaban J connectivity index is 2.00. The minimum Gasteiger partial charge on any atom is -0.291 e. The van der Waals surface area contributed by atoms with E-state index in [1.807, 2.05) is 54.6 Å². The van der Waals surface area contributed by atoms with Crippen LogP contribution in [-0.2, 0) is 4.79 Å². The number of anilines is 1. The minimum absolute atomic E-state index is 0.188. The predicted molar refractivity (Wildman–Crippen MR) is 81.1 cm³/mol. The molecule has 1 heterocycles. The van der Waals surface area contributed by atoms with E-state index in [4.69, 9.17) is 0 Å². The number of aromatic nitrogens is 3. The number of carbonyl (C=O) groups excluding carboxylic acids is 1. The molecule has 0 radical (unpaired) electrons. The summed E-state index contributed by atoms with van der Waals surface area (Å²) in [5, 5.41) is 12.2. The van der Waals surface area contributed by atoms with Crippen LogP contribution in [0.1, 0.15) is 6.92 Å². The monoisotopic (exact) mass is 279 g/mol. The molecule has 1 aromatic heterocycles. The zero-order valence-corrected chi connectivity index (χ0v) is 11.4. The molecule has 0 aliphatic rings. The van der Waals surface area contributed by atoms with Gasteiger partial charge in [-0.25, -0.2) is 0 Å². The van der Waals surface area contributed by atoms with E-state index in [1.54, 1.807) is 0 Å². The molecule has 0 saturated carbocycles. The summed E-state index contributed by atoms with van der Waals surface area (Å²) in [6.07, 6.45) is 0. The first-order valence-electron chi connectivity index (χ1n) is 6.46. The third-order valence-corrected chi connectivity index (χ3v) is 2.93. The first-order chi connectivity index (χ1) is 10.3. The first-order valence-corrected chi connectivity index (χ1v) is 6.46. The van der Waals surface area contributed by atoms with Crippen LogP contribution >= 0.6 is 0 Å². The summed E-state index contributed by atoms with van der Waals surface area (Å²) >= 11 is 0. The van der Waals surface area contributed by atoms with Crippen LogP contribution in [0.25, 0.3) is 11.0 Å². The van der Waals surface area contributed by atoms with E-state index in [0.29, 0.717) is 5.52 Å². The van der Waals surface area contributed by atoms with E-state index in [1.165, 1.54) is 11.6 Å². The highest BCUT2D eigenvalue weighted by molar-refractivity contribution is 6.39. The number of hydrogen-bond acceptors (Lipinski definition) is 5. The molecule has 0 amide bonds. The van der Waals surface area contributed by atoms with Gasteiger partial charge < -0.3 is 0 Å². The zero-order valence-electron chi connectivity index (χ0n) is 11.4. The maximum atomic E-state index is 11.8. The molecule has 3 rings (SSSR count). The molecular formula is C15H13N5O. The van der Waals surface area contributed by atoms with Crippen LogP contribution in [0, 0.1) is 0 Å². The van der Waals surface area contributed by atoms with Crippen molar-refractivity contribution >= 4 is 28.3 Å². The highest BCUT2D eigenvalue weighted by Crippen LogP contribution is 2.11. The Morgan fingerprint density at radius 2 is 1.81 bits per heavy atom. The number of rotatable bonds is 3. The Labute approximate surface area is 121 Å². The molecule has 104 valence electrons. The highest BCUT2D eigenvalue weighted by atomic mass is 16.1. The van der Waals surface area contributed by atoms with E-state index >= 15 is 0 Å². The lowest BCUT2D eigenvalue weighted by molar-refractivity contribution is -0.111. The number of hydrogen-bond donors (Lipinski definition) is 1. The number of carbonyl (C=O) groups is 1. The molecule has 0 aliphatic heterocycles. The standard InChI is InChI=1S/C15H13N5O/c1-11(21)15(18-16-12-7-3-2-4-8-12)20-14-10-6-5-9-13(14)17-19-20/h2-10,16H,1H3/b18-15+. The minimum atomic E-state index is -0.200. The van der Waals surface area contributed by atoms with Crippen molar-refractivity contribution in [3.63, 3.8) is 0 Å². The van der Waals surface area contributed by atoms with Crippen molar-refractivity contribution in [1.29, 1.82) is 0 Å². The van der Waals surface area contributed by atoms with Gasteiger partial charge in [0.1, 0.15) is 5.52 Å². The zero-order chi connectivity index (χ0) is 14.7. The molecule has 0 bridgehead atoms. The molecule has 0 fully saturated rings. The molecule has 2 aromatic carbocycles. The van der Waals surface area contributed by atoms with Crippen LogP contribution in [0.4, 0.5) is 5.69 Å². The topological polar surface area (TPSA) is 72.2 Å². The molecule has 3 aromatic rings. The predicted octanol–water partition coefficient (Wildman–Crippen LogP) is 2.29. The largest absolute Gasteiger partial charge is 0.291 e. The van der Waals surface area contributed by atoms with Gasteiger partial charge in [0.05, 0.1) is 11.2 Å². The first kappa shape index (κ1) is 13.0. The van der Waals surface area contributed by atoms with Gasteiger partial charge in [-0.05, 0) is 24.3 Å². The second kappa shape index (κ2) is 5.54. The van der Waals surface area contributed by atoms with Gasteiger partial charge in [0, 0.05) is 6.92 Å². The number of fused-ring (bicyclic) bond motifs is 1. The SMILES string of the molecule is CC(=O)/C(=N\Nc1ccccc1)n1nnc2ccccc21. The van der Waals surface area contributed by atoms with Crippen LogP contribution < -0.4 is 5.43 Å². The van der Waals surface area contributed by atoms with E-state index < -0.39 is 0 Å². The molecular weight excluding hydrogens is 266 g/mol. The Morgan fingerprint density at radius 1 is 1.10 bits per heavy atom. The van der Waals surface area contributed by atoms with Crippen LogP contribution in [0.3, 0.4) is 0 Å². The third kappa shape index (κ3) is 2.64. The Hall–Kier alpha value is -3.02. The lowest BCUT2D eigenvalue weighted by Crippen LogP contribution is -2.23. The molecule has 1 N–H and O–H groups in total. The van der Waals surface area contributed by atoms with Crippen LogP contribution in [0.5, 0.6) is 0 Å². The fourth-order valence-electron chi connectivity index (χ4n) is 1.93. The summed E-state index contributed by atoms with van der Waals surface area (Å²) in [6, 6.07) is 16.8. The smallest absolute Gasteiger partial charge is 0.218 e. The summed E-state index contributed by atoms with van der Waals surface area (Å²) in [4.78, 5) is 11.8. The average molecular weight is 279 g/mol. The normalized spacial score (nSPS) is 11.6. The van der Waals surface area contributed by atoms with Gasteiger partial charge in [0.15, 0.2) is 5.78 Å². The molecule has 0 atom stereocenters. The van der Waals surface area contributed by atoms with Gasteiger partial charge in [0.25, 0.3) is 0 Å². The van der Waals surface area contributed by atoms with Crippen LogP contribution in [-0.4, -0.2) is 26.6 Å². The van der Waals surface area contributed by atoms with Crippen LogP contribution in [0.15, 0.2) is 59.7 Å². The Bertz CT molecular complexity index is 807. The number of Topliss-reactive ketones (excluding diaryl/α,β-unsaturated/α-hetero) is 1. The molecule has 0 aliphatic carbocycles. The lowest BCUT2D eigenvalue weighted by atomic mass is 10.3. The quantitative estimate of drug-likeness (QED) is 0.453. The van der Waals surface area contributed by atoms with Crippen molar-refractivity contribution in [3.05, 3.63) is 54.6 Å². The number of para-hydroxylation sites is 2. The average Bonchev–Trinajstić information content (AvgIpc) is 2.92. The number of nitrogens with zero attached hydrogens (tertiary/aromatic N) is 4. The van der Waals surface area contributed by atoms with E-state index in [9.17, 15) is 4.79 Å². The lowest BCUT2D eigenvalue weighted by Gasteiger charge is -2.05. The van der Waals surface area contributed by atoms with Gasteiger partial charge in [-0.3, -0.25) is 10.2 Å². The van der Waals surface area contributed by atoms with E-state index in [0.717, 1.165) is 11.2 Å². The van der Waals surface area contributed by atoms with Gasteiger partial charge in [-0.15, -0.1) is 5.10 Å². The van der Waals surface area contributed by atoms with Crippen molar-refractivity contribution in [2.75, 3.05) is 5.43 Å². The van der Waals surface area contributed by atoms with Gasteiger partial charge >= 0.3 is 0 Å². The van der Waals surface area contributed by atoms with Crippen molar-refractivity contribution < 1.29 is 4.79 Å². The van der Waals surface area contributed by atoms with E-state index in [-0.39, 0.29) is 11.6 Å². The summed E-state index contributed by atoms with van der Waals surface area (Å²) in [6.45, 7) is 1.45. The molecule has 0 saturated heterocycles. The molecule has 21 heavy (non-hydrogen) atoms. The maximum absolute atomic E-state index is 11.8. The maximum Gasteiger partial charge on any atom is 0.218 e. The Morgan fingerprint density at radius 3 is 2.57 bits per heavy atom. The number of benzene rings is 2. The Kier molecular flexibility index (Phi) is 3.42. The highest BCUT2D eigenvalue weighted by Gasteiger charge is 2.14. The molecule has 0 spiro atoms. The molecule has 0 unspecified atom stereocenters. The van der Waals surface area contributed by atoms with Crippen molar-refractivity contribution in [1.82, 2.24) is 15.0 Å². The van der Waals surface area contributed by atoms with Crippen LogP contribution in [0.2, 0.25) is 0 Å². The van der Waals surface area contributed by atoms with Crippen molar-refractivity contribution in [2.24, 2.45) is 5.10 Å². The van der Waals surface area contributed by atoms with Crippen molar-refractivity contribution in [3.8, 4) is 0 Å². The third-order valence-electron chi connectivity index (χ3n) is 2.93. The van der Waals surface area contributed by atoms with Crippen molar-refractivity contribution in [2.45, 2.75) is 6.92 Å². The summed E-state index contributed by atoms with van der Waals surface area (Å²) in [5.74, 6) is -0.0124. The number of ketones is 1. The van der Waals surface area contributed by atoms with Gasteiger partial charge in [0.2, 0.25) is 5.84 Å². The fourth-order valence-corrected chi connectivity index (χ4v) is 1.93. The molecule has 6 heteroatoms. The second-order valence-electron chi connectivity index (χ2n) is 4.46. The summed E-state index contributed by atoms with van der Waals surface area (Å²) in [7, 11) is 0.